The lowest BCUT2D eigenvalue weighted by Gasteiger charge is -2.08. The van der Waals surface area contributed by atoms with Gasteiger partial charge in [0, 0.05) is 11.1 Å². The van der Waals surface area contributed by atoms with Gasteiger partial charge in [-0.3, -0.25) is 4.79 Å². The first-order valence-electron chi connectivity index (χ1n) is 7.21. The van der Waals surface area contributed by atoms with Crippen LogP contribution in [0.25, 0.3) is 23.1 Å². The van der Waals surface area contributed by atoms with Crippen LogP contribution < -0.4 is 15.0 Å². The number of methoxy groups -OCH3 is 2. The molecule has 24 heavy (non-hydrogen) atoms. The lowest BCUT2D eigenvalue weighted by molar-refractivity contribution is 0.355. The van der Waals surface area contributed by atoms with E-state index in [1.165, 1.54) is 14.2 Å². The van der Waals surface area contributed by atoms with Crippen LogP contribution in [0.4, 0.5) is 0 Å². The Morgan fingerprint density at radius 2 is 1.79 bits per heavy atom. The smallest absolute Gasteiger partial charge is 0.259 e. The molecule has 0 saturated heterocycles. The molecule has 122 valence electrons. The summed E-state index contributed by atoms with van der Waals surface area (Å²) in [5.41, 5.74) is 1.11. The molecule has 0 aliphatic heterocycles. The van der Waals surface area contributed by atoms with Crippen LogP contribution in [0.2, 0.25) is 5.02 Å². The highest BCUT2D eigenvalue weighted by molar-refractivity contribution is 6.32. The normalized spacial score (nSPS) is 11.1. The number of rotatable bonds is 4. The first-order chi connectivity index (χ1) is 11.6. The number of hydrogen-bond acceptors (Lipinski definition) is 4. The van der Waals surface area contributed by atoms with E-state index in [4.69, 9.17) is 21.1 Å². The van der Waals surface area contributed by atoms with Crippen LogP contribution in [-0.4, -0.2) is 24.2 Å². The minimum absolute atomic E-state index is 0.250. The molecule has 0 saturated carbocycles. The maximum atomic E-state index is 12.3. The molecule has 1 N–H and O–H groups in total. The second-order valence-corrected chi connectivity index (χ2v) is 5.44. The van der Waals surface area contributed by atoms with Crippen molar-refractivity contribution < 1.29 is 9.47 Å². The van der Waals surface area contributed by atoms with Crippen molar-refractivity contribution >= 4 is 34.7 Å². The Kier molecular flexibility index (Phi) is 4.53. The predicted molar refractivity (Wildman–Crippen MR) is 95.8 cm³/mol. The van der Waals surface area contributed by atoms with E-state index in [-0.39, 0.29) is 5.56 Å². The second-order valence-electron chi connectivity index (χ2n) is 5.03. The zero-order valence-electron chi connectivity index (χ0n) is 13.2. The number of fused-ring (bicyclic) bond motifs is 1. The summed E-state index contributed by atoms with van der Waals surface area (Å²) in [5.74, 6) is 1.43. The summed E-state index contributed by atoms with van der Waals surface area (Å²) in [5, 5.41) is 1.06. The van der Waals surface area contributed by atoms with Crippen molar-refractivity contribution in [2.24, 2.45) is 0 Å². The van der Waals surface area contributed by atoms with Gasteiger partial charge >= 0.3 is 0 Å². The number of benzene rings is 2. The topological polar surface area (TPSA) is 64.2 Å². The average Bonchev–Trinajstić information content (AvgIpc) is 2.60. The zero-order valence-corrected chi connectivity index (χ0v) is 13.9. The third-order valence-electron chi connectivity index (χ3n) is 3.55. The molecule has 1 heterocycles. The van der Waals surface area contributed by atoms with Crippen molar-refractivity contribution in [1.29, 1.82) is 0 Å². The van der Waals surface area contributed by atoms with Crippen LogP contribution in [0, 0.1) is 0 Å². The number of aromatic amines is 1. The SMILES string of the molecule is COc1cc2nc(C=Cc3ccccc3Cl)[nH]c(=O)c2cc1OC. The highest BCUT2D eigenvalue weighted by Gasteiger charge is 2.10. The molecule has 0 spiro atoms. The summed E-state index contributed by atoms with van der Waals surface area (Å²) in [6.45, 7) is 0. The van der Waals surface area contributed by atoms with E-state index in [0.29, 0.717) is 33.2 Å². The minimum Gasteiger partial charge on any atom is -0.493 e. The van der Waals surface area contributed by atoms with Crippen molar-refractivity contribution in [3.8, 4) is 11.5 Å². The van der Waals surface area contributed by atoms with E-state index in [2.05, 4.69) is 9.97 Å². The summed E-state index contributed by atoms with van der Waals surface area (Å²) < 4.78 is 10.5. The molecule has 0 bridgehead atoms. The summed E-state index contributed by atoms with van der Waals surface area (Å²) in [6.07, 6.45) is 3.51. The third-order valence-corrected chi connectivity index (χ3v) is 3.90. The van der Waals surface area contributed by atoms with E-state index >= 15 is 0 Å². The lowest BCUT2D eigenvalue weighted by atomic mass is 10.2. The number of ether oxygens (including phenoxy) is 2. The highest BCUT2D eigenvalue weighted by Crippen LogP contribution is 2.30. The van der Waals surface area contributed by atoms with E-state index in [1.54, 1.807) is 30.4 Å². The van der Waals surface area contributed by atoms with Crippen LogP contribution in [0.5, 0.6) is 11.5 Å². The molecule has 3 rings (SSSR count). The predicted octanol–water partition coefficient (Wildman–Crippen LogP) is 3.76. The molecule has 6 heteroatoms. The van der Waals surface area contributed by atoms with Gasteiger partial charge in [-0.15, -0.1) is 0 Å². The first kappa shape index (κ1) is 16.1. The summed E-state index contributed by atoms with van der Waals surface area (Å²) in [7, 11) is 3.06. The molecular weight excluding hydrogens is 328 g/mol. The Balaban J connectivity index is 2.07. The van der Waals surface area contributed by atoms with Crippen LogP contribution in [-0.2, 0) is 0 Å². The van der Waals surface area contributed by atoms with E-state index in [1.807, 2.05) is 18.2 Å². The van der Waals surface area contributed by atoms with Crippen molar-refractivity contribution in [2.45, 2.75) is 0 Å². The summed E-state index contributed by atoms with van der Waals surface area (Å²) in [6, 6.07) is 10.7. The third kappa shape index (κ3) is 3.12. The van der Waals surface area contributed by atoms with Crippen molar-refractivity contribution in [2.75, 3.05) is 14.2 Å². The number of nitrogens with one attached hydrogen (secondary N) is 1. The van der Waals surface area contributed by atoms with Crippen molar-refractivity contribution in [1.82, 2.24) is 9.97 Å². The fourth-order valence-corrected chi connectivity index (χ4v) is 2.54. The maximum absolute atomic E-state index is 12.3. The van der Waals surface area contributed by atoms with E-state index in [0.717, 1.165) is 5.56 Å². The molecule has 3 aromatic rings. The van der Waals surface area contributed by atoms with Gasteiger partial charge in [0.05, 0.1) is 25.1 Å². The van der Waals surface area contributed by atoms with Gasteiger partial charge in [0.1, 0.15) is 5.82 Å². The molecule has 0 unspecified atom stereocenters. The molecule has 0 amide bonds. The molecule has 0 atom stereocenters. The zero-order chi connectivity index (χ0) is 17.1. The molecule has 0 fully saturated rings. The quantitative estimate of drug-likeness (QED) is 0.784. The second kappa shape index (κ2) is 6.76. The monoisotopic (exact) mass is 342 g/mol. The van der Waals surface area contributed by atoms with Gasteiger partial charge in [-0.1, -0.05) is 29.8 Å². The first-order valence-corrected chi connectivity index (χ1v) is 7.59. The van der Waals surface area contributed by atoms with Crippen LogP contribution in [0.3, 0.4) is 0 Å². The Hall–Kier alpha value is -2.79. The highest BCUT2D eigenvalue weighted by atomic mass is 35.5. The largest absolute Gasteiger partial charge is 0.493 e. The fraction of sp³-hybridized carbons (Fsp3) is 0.111. The average molecular weight is 343 g/mol. The molecular formula is C18H15ClN2O3. The number of nitrogens with zero attached hydrogens (tertiary/aromatic N) is 1. The van der Waals surface area contributed by atoms with E-state index < -0.39 is 0 Å². The van der Waals surface area contributed by atoms with Gasteiger partial charge in [-0.2, -0.15) is 0 Å². The van der Waals surface area contributed by atoms with Crippen molar-refractivity contribution in [3.63, 3.8) is 0 Å². The minimum atomic E-state index is -0.250. The van der Waals surface area contributed by atoms with Gasteiger partial charge in [-0.05, 0) is 29.8 Å². The number of hydrogen-bond donors (Lipinski definition) is 1. The molecule has 2 aromatic carbocycles. The number of halogens is 1. The standard InChI is InChI=1S/C18H15ClN2O3/c1-23-15-9-12-14(10-16(15)24-2)20-17(21-18(12)22)8-7-11-5-3-4-6-13(11)19/h3-10H,1-2H3,(H,20,21,22). The van der Waals surface area contributed by atoms with Crippen LogP contribution in [0.15, 0.2) is 41.2 Å². The van der Waals surface area contributed by atoms with Gasteiger partial charge in [0.2, 0.25) is 0 Å². The Morgan fingerprint density at radius 3 is 2.50 bits per heavy atom. The Bertz CT molecular complexity index is 980. The van der Waals surface area contributed by atoms with Crippen LogP contribution in [0.1, 0.15) is 11.4 Å². The Labute approximate surface area is 143 Å². The molecule has 0 aliphatic rings. The molecule has 5 nitrogen and oxygen atoms in total. The number of H-pyrrole nitrogens is 1. The summed E-state index contributed by atoms with van der Waals surface area (Å²) in [4.78, 5) is 19.5. The number of aromatic nitrogens is 2. The summed E-state index contributed by atoms with van der Waals surface area (Å²) >= 11 is 6.12. The van der Waals surface area contributed by atoms with Gasteiger partial charge in [0.25, 0.3) is 5.56 Å². The van der Waals surface area contributed by atoms with Gasteiger partial charge in [-0.25, -0.2) is 4.98 Å². The maximum Gasteiger partial charge on any atom is 0.259 e. The molecule has 0 aliphatic carbocycles. The van der Waals surface area contributed by atoms with Crippen LogP contribution >= 0.6 is 11.6 Å². The van der Waals surface area contributed by atoms with E-state index in [9.17, 15) is 4.79 Å². The fourth-order valence-electron chi connectivity index (χ4n) is 2.34. The lowest BCUT2D eigenvalue weighted by Crippen LogP contribution is -2.10. The van der Waals surface area contributed by atoms with Gasteiger partial charge < -0.3 is 14.5 Å². The van der Waals surface area contributed by atoms with Gasteiger partial charge in [0.15, 0.2) is 11.5 Å². The molecule has 0 radical (unpaired) electrons. The molecule has 1 aromatic heterocycles. The Morgan fingerprint density at radius 1 is 1.08 bits per heavy atom. The van der Waals surface area contributed by atoms with Crippen molar-refractivity contribution in [3.05, 3.63) is 63.2 Å².